The highest BCUT2D eigenvalue weighted by molar-refractivity contribution is 6.33. The van der Waals surface area contributed by atoms with Crippen LogP contribution >= 0.6 is 11.6 Å². The third-order valence-corrected chi connectivity index (χ3v) is 3.65. The van der Waals surface area contributed by atoms with E-state index in [1.54, 1.807) is 6.08 Å². The van der Waals surface area contributed by atoms with Crippen LogP contribution in [0.1, 0.15) is 31.2 Å². The summed E-state index contributed by atoms with van der Waals surface area (Å²) in [4.78, 5) is 12.9. The molecule has 4 heteroatoms. The van der Waals surface area contributed by atoms with Crippen LogP contribution in [0.15, 0.2) is 24.3 Å². The van der Waals surface area contributed by atoms with E-state index in [9.17, 15) is 4.79 Å². The van der Waals surface area contributed by atoms with E-state index < -0.39 is 5.97 Å². The van der Waals surface area contributed by atoms with Crippen molar-refractivity contribution in [3.8, 4) is 0 Å². The molecule has 102 valence electrons. The van der Waals surface area contributed by atoms with Crippen LogP contribution in [0.4, 0.5) is 5.69 Å². The third kappa shape index (κ3) is 3.74. The highest BCUT2D eigenvalue weighted by Gasteiger charge is 2.15. The first kappa shape index (κ1) is 13.9. The molecule has 2 rings (SSSR count). The number of halogens is 1. The van der Waals surface area contributed by atoms with Crippen molar-refractivity contribution < 1.29 is 9.90 Å². The summed E-state index contributed by atoms with van der Waals surface area (Å²) in [5.74, 6) is -0.943. The van der Waals surface area contributed by atoms with Crippen LogP contribution in [-0.4, -0.2) is 24.2 Å². The number of benzene rings is 1. The molecule has 3 nitrogen and oxygen atoms in total. The summed E-state index contributed by atoms with van der Waals surface area (Å²) in [6, 6.07) is 5.62. The molecule has 0 spiro atoms. The van der Waals surface area contributed by atoms with E-state index in [1.165, 1.54) is 12.8 Å². The van der Waals surface area contributed by atoms with Gasteiger partial charge in [-0.1, -0.05) is 36.6 Å². The minimum absolute atomic E-state index is 0.689. The smallest absolute Gasteiger partial charge is 0.328 e. The van der Waals surface area contributed by atoms with Gasteiger partial charge in [-0.3, -0.25) is 0 Å². The molecule has 1 aromatic carbocycles. The lowest BCUT2D eigenvalue weighted by Gasteiger charge is -2.25. The van der Waals surface area contributed by atoms with Gasteiger partial charge in [0.25, 0.3) is 0 Å². The van der Waals surface area contributed by atoms with Crippen LogP contribution in [0.5, 0.6) is 0 Å². The first-order chi connectivity index (χ1) is 9.18. The first-order valence-corrected chi connectivity index (χ1v) is 7.01. The van der Waals surface area contributed by atoms with Crippen molar-refractivity contribution in [1.82, 2.24) is 0 Å². The number of aliphatic carboxylic acids is 1. The van der Waals surface area contributed by atoms with Crippen molar-refractivity contribution in [2.24, 2.45) is 0 Å². The molecule has 1 heterocycles. The Morgan fingerprint density at radius 3 is 2.53 bits per heavy atom. The van der Waals surface area contributed by atoms with Crippen molar-refractivity contribution in [1.29, 1.82) is 0 Å². The first-order valence-electron chi connectivity index (χ1n) is 6.63. The molecule has 0 atom stereocenters. The molecular weight excluding hydrogens is 262 g/mol. The number of rotatable bonds is 3. The topological polar surface area (TPSA) is 40.5 Å². The number of para-hydroxylation sites is 1. The van der Waals surface area contributed by atoms with E-state index in [0.29, 0.717) is 5.02 Å². The maximum atomic E-state index is 10.7. The highest BCUT2D eigenvalue weighted by atomic mass is 35.5. The zero-order chi connectivity index (χ0) is 13.7. The highest BCUT2D eigenvalue weighted by Crippen LogP contribution is 2.32. The maximum Gasteiger partial charge on any atom is 0.328 e. The largest absolute Gasteiger partial charge is 0.478 e. The minimum atomic E-state index is -0.943. The molecule has 1 aliphatic rings. The number of carboxylic acids is 1. The van der Waals surface area contributed by atoms with E-state index in [-0.39, 0.29) is 0 Å². The summed E-state index contributed by atoms with van der Waals surface area (Å²) in [6.45, 7) is 1.97. The molecule has 1 saturated heterocycles. The quantitative estimate of drug-likeness (QED) is 0.855. The summed E-state index contributed by atoms with van der Waals surface area (Å²) in [5.41, 5.74) is 1.83. The minimum Gasteiger partial charge on any atom is -0.478 e. The Morgan fingerprint density at radius 1 is 1.21 bits per heavy atom. The average molecular weight is 280 g/mol. The van der Waals surface area contributed by atoms with E-state index in [0.717, 1.165) is 43.3 Å². The molecule has 0 unspecified atom stereocenters. The Kier molecular flexibility index (Phi) is 4.86. The summed E-state index contributed by atoms with van der Waals surface area (Å²) in [6.07, 6.45) is 7.60. The second-order valence-corrected chi connectivity index (χ2v) is 5.16. The zero-order valence-electron chi connectivity index (χ0n) is 10.8. The Hall–Kier alpha value is -1.48. The zero-order valence-corrected chi connectivity index (χ0v) is 11.6. The van der Waals surface area contributed by atoms with Crippen molar-refractivity contribution in [2.45, 2.75) is 25.7 Å². The molecule has 19 heavy (non-hydrogen) atoms. The fourth-order valence-corrected chi connectivity index (χ4v) is 2.76. The molecule has 0 saturated carbocycles. The lowest BCUT2D eigenvalue weighted by Crippen LogP contribution is -2.25. The third-order valence-electron chi connectivity index (χ3n) is 3.35. The normalized spacial score (nSPS) is 16.6. The van der Waals surface area contributed by atoms with Gasteiger partial charge in [0.1, 0.15) is 0 Å². The van der Waals surface area contributed by atoms with E-state index >= 15 is 0 Å². The molecule has 0 radical (unpaired) electrons. The lowest BCUT2D eigenvalue weighted by molar-refractivity contribution is -0.131. The number of nitrogens with zero attached hydrogens (tertiary/aromatic N) is 1. The predicted octanol–water partition coefficient (Wildman–Crippen LogP) is 3.82. The van der Waals surface area contributed by atoms with Gasteiger partial charge in [-0.05, 0) is 30.5 Å². The second-order valence-electron chi connectivity index (χ2n) is 4.75. The molecular formula is C15H18ClNO2. The van der Waals surface area contributed by atoms with Gasteiger partial charge in [-0.25, -0.2) is 4.79 Å². The van der Waals surface area contributed by atoms with Crippen molar-refractivity contribution >= 4 is 29.3 Å². The van der Waals surface area contributed by atoms with E-state index in [2.05, 4.69) is 4.90 Å². The molecule has 1 fully saturated rings. The Labute approximate surface area is 118 Å². The molecule has 0 aromatic heterocycles. The van der Waals surface area contributed by atoms with E-state index in [4.69, 9.17) is 16.7 Å². The average Bonchev–Trinajstić information content (AvgIpc) is 2.65. The fourth-order valence-electron chi connectivity index (χ4n) is 2.46. The number of hydrogen-bond donors (Lipinski definition) is 1. The molecule has 0 amide bonds. The van der Waals surface area contributed by atoms with Gasteiger partial charge >= 0.3 is 5.97 Å². The summed E-state index contributed by atoms with van der Waals surface area (Å²) in [5, 5.41) is 9.45. The van der Waals surface area contributed by atoms with Crippen molar-refractivity contribution in [2.75, 3.05) is 18.0 Å². The Bertz CT molecular complexity index is 477. The summed E-state index contributed by atoms with van der Waals surface area (Å²) >= 11 is 6.31. The van der Waals surface area contributed by atoms with Gasteiger partial charge in [0, 0.05) is 19.2 Å². The number of anilines is 1. The number of carboxylic acid groups (broad SMARTS) is 1. The molecule has 1 N–H and O–H groups in total. The van der Waals surface area contributed by atoms with Gasteiger partial charge in [-0.15, -0.1) is 0 Å². The monoisotopic (exact) mass is 279 g/mol. The number of hydrogen-bond acceptors (Lipinski definition) is 2. The Balaban J connectivity index is 2.33. The molecule has 1 aromatic rings. The Morgan fingerprint density at radius 2 is 1.89 bits per heavy atom. The fraction of sp³-hybridized carbons (Fsp3) is 0.400. The van der Waals surface area contributed by atoms with E-state index in [1.807, 2.05) is 18.2 Å². The maximum absolute atomic E-state index is 10.7. The van der Waals surface area contributed by atoms with Crippen LogP contribution in [0.2, 0.25) is 5.02 Å². The van der Waals surface area contributed by atoms with Crippen molar-refractivity contribution in [3.05, 3.63) is 34.9 Å². The van der Waals surface area contributed by atoms with Crippen LogP contribution in [0.3, 0.4) is 0 Å². The standard InChI is InChI=1S/C15H18ClNO2/c16-13-7-5-6-12(8-9-14(18)19)15(13)17-10-3-1-2-4-11-17/h5-9H,1-4,10-11H2,(H,18,19)/b9-8+. The number of carbonyl (C=O) groups is 1. The van der Waals surface area contributed by atoms with Crippen molar-refractivity contribution in [3.63, 3.8) is 0 Å². The second kappa shape index (κ2) is 6.62. The molecule has 0 bridgehead atoms. The predicted molar refractivity (Wildman–Crippen MR) is 78.8 cm³/mol. The van der Waals surface area contributed by atoms with Crippen LogP contribution < -0.4 is 4.90 Å². The van der Waals surface area contributed by atoms with Gasteiger partial charge in [0.05, 0.1) is 10.7 Å². The van der Waals surface area contributed by atoms with Gasteiger partial charge in [0.2, 0.25) is 0 Å². The SMILES string of the molecule is O=C(O)/C=C/c1cccc(Cl)c1N1CCCCCC1. The summed E-state index contributed by atoms with van der Waals surface area (Å²) in [7, 11) is 0. The molecule has 1 aliphatic heterocycles. The molecule has 0 aliphatic carbocycles. The summed E-state index contributed by atoms with van der Waals surface area (Å²) < 4.78 is 0. The van der Waals surface area contributed by atoms with Gasteiger partial charge < -0.3 is 10.0 Å². The van der Waals surface area contributed by atoms with Crippen LogP contribution in [0, 0.1) is 0 Å². The lowest BCUT2D eigenvalue weighted by atomic mass is 10.1. The van der Waals surface area contributed by atoms with Crippen LogP contribution in [0.25, 0.3) is 6.08 Å². The van der Waals surface area contributed by atoms with Crippen LogP contribution in [-0.2, 0) is 4.79 Å². The van der Waals surface area contributed by atoms with Gasteiger partial charge in [-0.2, -0.15) is 0 Å². The van der Waals surface area contributed by atoms with Gasteiger partial charge in [0.15, 0.2) is 0 Å².